The molecule has 1 aliphatic carbocycles. The number of nitrogens with zero attached hydrogens (tertiary/aromatic N) is 3. The van der Waals surface area contributed by atoms with Gasteiger partial charge >= 0.3 is 12.1 Å². The van der Waals surface area contributed by atoms with Crippen LogP contribution in [0.3, 0.4) is 0 Å². The Morgan fingerprint density at radius 3 is 2.38 bits per heavy atom. The topological polar surface area (TPSA) is 91.7 Å². The van der Waals surface area contributed by atoms with Gasteiger partial charge in [0.25, 0.3) is 5.91 Å². The van der Waals surface area contributed by atoms with E-state index in [0.717, 1.165) is 44.9 Å². The highest BCUT2D eigenvalue weighted by Crippen LogP contribution is 2.50. The molecule has 3 rings (SSSR count). The van der Waals surface area contributed by atoms with E-state index in [1.54, 1.807) is 14.2 Å². The van der Waals surface area contributed by atoms with Gasteiger partial charge in [-0.1, -0.05) is 0 Å². The summed E-state index contributed by atoms with van der Waals surface area (Å²) in [4.78, 5) is 31.0. The fraction of sp³-hybridized carbons (Fsp3) is 0.833. The standard InChI is InChI=1S/C16H27N3O3.C2HF3O2/c1-12-17-16(15(20)19(12)7-9-22-3)5-4-13-10-18(6-8-21-2)11-14(13)16;3-2(4,5)1(6)7/h13-14H,4-11H2,1-3H3;(H,6,7)/t13-,14+,16-;/m1./s1. The zero-order valence-electron chi connectivity index (χ0n) is 16.9. The maximum Gasteiger partial charge on any atom is 0.490 e. The Labute approximate surface area is 167 Å². The summed E-state index contributed by atoms with van der Waals surface area (Å²) in [6, 6.07) is 0. The lowest BCUT2D eigenvalue weighted by Crippen LogP contribution is -2.47. The average Bonchev–Trinajstić information content (AvgIpc) is 3.26. The van der Waals surface area contributed by atoms with Crippen molar-refractivity contribution in [3.63, 3.8) is 0 Å². The van der Waals surface area contributed by atoms with Crippen LogP contribution in [0.25, 0.3) is 0 Å². The van der Waals surface area contributed by atoms with Gasteiger partial charge < -0.3 is 19.5 Å². The number of methoxy groups -OCH3 is 2. The second kappa shape index (κ2) is 9.40. The number of ether oxygens (including phenoxy) is 2. The number of aliphatic carboxylic acids is 1. The third-order valence-electron chi connectivity index (χ3n) is 5.77. The largest absolute Gasteiger partial charge is 0.490 e. The van der Waals surface area contributed by atoms with E-state index in [0.29, 0.717) is 25.0 Å². The molecule has 1 saturated heterocycles. The van der Waals surface area contributed by atoms with Crippen molar-refractivity contribution in [2.75, 3.05) is 53.6 Å². The molecule has 3 aliphatic rings. The highest BCUT2D eigenvalue weighted by molar-refractivity contribution is 6.07. The van der Waals surface area contributed by atoms with Crippen molar-refractivity contribution in [1.82, 2.24) is 9.80 Å². The maximum absolute atomic E-state index is 13.0. The van der Waals surface area contributed by atoms with Crippen molar-refractivity contribution < 1.29 is 37.3 Å². The summed E-state index contributed by atoms with van der Waals surface area (Å²) in [6.45, 7) is 6.87. The number of carbonyl (C=O) groups is 2. The lowest BCUT2D eigenvalue weighted by atomic mass is 9.85. The Hall–Kier alpha value is -1.72. The number of hydrogen-bond donors (Lipinski definition) is 1. The summed E-state index contributed by atoms with van der Waals surface area (Å²) >= 11 is 0. The van der Waals surface area contributed by atoms with Gasteiger partial charge in [-0.2, -0.15) is 13.2 Å². The normalized spacial score (nSPS) is 29.1. The van der Waals surface area contributed by atoms with E-state index in [2.05, 4.69) is 4.90 Å². The minimum absolute atomic E-state index is 0.197. The number of rotatable bonds is 6. The Morgan fingerprint density at radius 1 is 1.24 bits per heavy atom. The molecule has 0 radical (unpaired) electrons. The van der Waals surface area contributed by atoms with Crippen LogP contribution < -0.4 is 0 Å². The number of amides is 1. The number of alkyl halides is 3. The first-order valence-electron chi connectivity index (χ1n) is 9.45. The second-order valence-corrected chi connectivity index (χ2v) is 7.49. The molecule has 1 N–H and O–H groups in total. The molecular weight excluding hydrogens is 395 g/mol. The molecule has 2 aliphatic heterocycles. The van der Waals surface area contributed by atoms with Crippen LogP contribution in [0.5, 0.6) is 0 Å². The van der Waals surface area contributed by atoms with Crippen LogP contribution >= 0.6 is 0 Å². The van der Waals surface area contributed by atoms with E-state index in [4.69, 9.17) is 24.4 Å². The second-order valence-electron chi connectivity index (χ2n) is 7.49. The predicted molar refractivity (Wildman–Crippen MR) is 97.6 cm³/mol. The maximum atomic E-state index is 13.0. The highest BCUT2D eigenvalue weighted by Gasteiger charge is 2.60. The van der Waals surface area contributed by atoms with Crippen molar-refractivity contribution in [2.24, 2.45) is 16.8 Å². The van der Waals surface area contributed by atoms with E-state index in [9.17, 15) is 18.0 Å². The van der Waals surface area contributed by atoms with Crippen LogP contribution in [0.15, 0.2) is 4.99 Å². The molecule has 8 nitrogen and oxygen atoms in total. The molecule has 1 amide bonds. The molecule has 2 fully saturated rings. The molecule has 11 heteroatoms. The number of halogens is 3. The van der Waals surface area contributed by atoms with Crippen LogP contribution in [-0.2, 0) is 19.1 Å². The third-order valence-corrected chi connectivity index (χ3v) is 5.77. The van der Waals surface area contributed by atoms with Gasteiger partial charge in [-0.25, -0.2) is 4.79 Å². The molecule has 0 aromatic carbocycles. The number of carbonyl (C=O) groups excluding carboxylic acids is 1. The number of amidine groups is 1. The number of carboxylic acid groups (broad SMARTS) is 1. The van der Waals surface area contributed by atoms with Gasteiger partial charge in [0.1, 0.15) is 11.4 Å². The Morgan fingerprint density at radius 2 is 1.83 bits per heavy atom. The molecule has 0 aromatic heterocycles. The van der Waals surface area contributed by atoms with Crippen LogP contribution in [-0.4, -0.2) is 97.9 Å². The molecule has 29 heavy (non-hydrogen) atoms. The fourth-order valence-corrected chi connectivity index (χ4v) is 4.42. The zero-order chi connectivity index (χ0) is 21.8. The molecule has 1 saturated carbocycles. The lowest BCUT2D eigenvalue weighted by molar-refractivity contribution is -0.192. The van der Waals surface area contributed by atoms with Gasteiger partial charge in [-0.3, -0.25) is 14.7 Å². The van der Waals surface area contributed by atoms with Crippen molar-refractivity contribution in [3.8, 4) is 0 Å². The number of fused-ring (bicyclic) bond motifs is 2. The van der Waals surface area contributed by atoms with Crippen molar-refractivity contribution in [3.05, 3.63) is 0 Å². The van der Waals surface area contributed by atoms with E-state index < -0.39 is 17.7 Å². The fourth-order valence-electron chi connectivity index (χ4n) is 4.42. The van der Waals surface area contributed by atoms with Gasteiger partial charge in [-0.05, 0) is 25.7 Å². The van der Waals surface area contributed by atoms with Crippen LogP contribution in [0.4, 0.5) is 13.2 Å². The first-order chi connectivity index (χ1) is 13.6. The van der Waals surface area contributed by atoms with E-state index in [1.807, 2.05) is 11.8 Å². The van der Waals surface area contributed by atoms with Gasteiger partial charge in [0.05, 0.1) is 19.8 Å². The first kappa shape index (κ1) is 23.6. The predicted octanol–water partition coefficient (Wildman–Crippen LogP) is 1.25. The van der Waals surface area contributed by atoms with E-state index in [1.165, 1.54) is 0 Å². The van der Waals surface area contributed by atoms with Gasteiger partial charge in [0.15, 0.2) is 0 Å². The summed E-state index contributed by atoms with van der Waals surface area (Å²) in [7, 11) is 3.40. The summed E-state index contributed by atoms with van der Waals surface area (Å²) in [5.41, 5.74) is -0.496. The number of aliphatic imine (C=N–C) groups is 1. The van der Waals surface area contributed by atoms with Crippen LogP contribution in [0.1, 0.15) is 19.8 Å². The Kier molecular flexibility index (Phi) is 7.63. The minimum Gasteiger partial charge on any atom is -0.475 e. The molecule has 0 bridgehead atoms. The summed E-state index contributed by atoms with van der Waals surface area (Å²) in [6.07, 6.45) is -3.07. The molecule has 166 valence electrons. The molecule has 0 unspecified atom stereocenters. The van der Waals surface area contributed by atoms with E-state index >= 15 is 0 Å². The summed E-state index contributed by atoms with van der Waals surface area (Å²) in [5, 5.41) is 7.12. The molecule has 2 heterocycles. The lowest BCUT2D eigenvalue weighted by Gasteiger charge is -2.28. The highest BCUT2D eigenvalue weighted by atomic mass is 19.4. The molecule has 0 aromatic rings. The summed E-state index contributed by atoms with van der Waals surface area (Å²) < 4.78 is 42.0. The Balaban J connectivity index is 0.000000370. The van der Waals surface area contributed by atoms with Crippen molar-refractivity contribution in [1.29, 1.82) is 0 Å². The minimum atomic E-state index is -5.08. The molecular formula is C18H28F3N3O5. The Bertz CT molecular complexity index is 643. The van der Waals surface area contributed by atoms with Crippen LogP contribution in [0, 0.1) is 11.8 Å². The molecule has 3 atom stereocenters. The van der Waals surface area contributed by atoms with Crippen LogP contribution in [0.2, 0.25) is 0 Å². The van der Waals surface area contributed by atoms with Crippen molar-refractivity contribution in [2.45, 2.75) is 31.5 Å². The van der Waals surface area contributed by atoms with E-state index in [-0.39, 0.29) is 5.91 Å². The van der Waals surface area contributed by atoms with Gasteiger partial charge in [-0.15, -0.1) is 0 Å². The molecule has 1 spiro atoms. The first-order valence-corrected chi connectivity index (χ1v) is 9.45. The number of hydrogen-bond acceptors (Lipinski definition) is 6. The number of carboxylic acids is 1. The zero-order valence-corrected chi connectivity index (χ0v) is 16.9. The van der Waals surface area contributed by atoms with Gasteiger partial charge in [0.2, 0.25) is 0 Å². The SMILES string of the molecule is COCCN1C[C@H]2CC[C@@]3(N=C(C)N(CCOC)C3=O)[C@H]2C1.O=C(O)C(F)(F)F. The van der Waals surface area contributed by atoms with Gasteiger partial charge in [0, 0.05) is 39.8 Å². The quantitative estimate of drug-likeness (QED) is 0.692. The number of likely N-dealkylation sites (tertiary alicyclic amines) is 1. The third kappa shape index (κ3) is 5.07. The average molecular weight is 423 g/mol. The monoisotopic (exact) mass is 423 g/mol. The summed E-state index contributed by atoms with van der Waals surface area (Å²) in [5.74, 6) is -0.743. The van der Waals surface area contributed by atoms with Crippen molar-refractivity contribution >= 4 is 17.7 Å². The smallest absolute Gasteiger partial charge is 0.475 e.